The van der Waals surface area contributed by atoms with E-state index in [1.807, 2.05) is 6.92 Å². The van der Waals surface area contributed by atoms with Crippen molar-refractivity contribution >= 4 is 16.8 Å². The molecule has 0 aliphatic heterocycles. The fourth-order valence-electron chi connectivity index (χ4n) is 3.02. The highest BCUT2D eigenvalue weighted by Crippen LogP contribution is 2.24. The molecule has 0 unspecified atom stereocenters. The molecule has 1 fully saturated rings. The van der Waals surface area contributed by atoms with E-state index >= 15 is 0 Å². The molecule has 0 saturated heterocycles. The van der Waals surface area contributed by atoms with Crippen molar-refractivity contribution in [3.05, 3.63) is 35.3 Å². The average molecular weight is 290 g/mol. The summed E-state index contributed by atoms with van der Waals surface area (Å²) in [4.78, 5) is 15.3. The highest BCUT2D eigenvalue weighted by Gasteiger charge is 2.23. The Morgan fingerprint density at radius 3 is 2.71 bits per heavy atom. The molecule has 0 atom stereocenters. The summed E-state index contributed by atoms with van der Waals surface area (Å²) >= 11 is 0. The van der Waals surface area contributed by atoms with Crippen LogP contribution < -0.4 is 5.32 Å². The lowest BCUT2D eigenvalue weighted by molar-refractivity contribution is 0.0863. The molecule has 3 N–H and O–H groups in total. The Hall–Kier alpha value is -1.88. The molecule has 1 heterocycles. The summed E-state index contributed by atoms with van der Waals surface area (Å²) in [7, 11) is 0. The third-order valence-electron chi connectivity index (χ3n) is 4.30. The fraction of sp³-hybridized carbons (Fsp3) is 0.438. The first-order chi connectivity index (χ1) is 10.1. The van der Waals surface area contributed by atoms with Gasteiger partial charge in [0.15, 0.2) is 0 Å². The third-order valence-corrected chi connectivity index (χ3v) is 4.30. The summed E-state index contributed by atoms with van der Waals surface area (Å²) in [6.07, 6.45) is 2.74. The van der Waals surface area contributed by atoms with Crippen LogP contribution in [-0.4, -0.2) is 28.1 Å². The number of carbonyl (C=O) groups is 1. The highest BCUT2D eigenvalue weighted by atomic mass is 19.1. The standard InChI is InChI=1S/C16H19FN2O2/c1-9-12-3-2-4-13(17)15(12)19-14(9)16(21)18-10-5-7-11(20)8-6-10/h2-4,10-11,19-20H,5-8H2,1H3,(H,18,21). The van der Waals surface area contributed by atoms with Gasteiger partial charge in [-0.05, 0) is 44.2 Å². The molecular formula is C16H19FN2O2. The van der Waals surface area contributed by atoms with Gasteiger partial charge in [-0.3, -0.25) is 4.79 Å². The molecule has 3 rings (SSSR count). The predicted molar refractivity (Wildman–Crippen MR) is 78.7 cm³/mol. The topological polar surface area (TPSA) is 65.1 Å². The number of aliphatic hydroxyl groups is 1. The number of nitrogens with one attached hydrogen (secondary N) is 2. The molecule has 1 aromatic carbocycles. The van der Waals surface area contributed by atoms with Crippen molar-refractivity contribution in [2.24, 2.45) is 0 Å². The minimum atomic E-state index is -0.351. The Kier molecular flexibility index (Phi) is 3.68. The zero-order valence-electron chi connectivity index (χ0n) is 11.9. The van der Waals surface area contributed by atoms with Gasteiger partial charge in [0, 0.05) is 11.4 Å². The summed E-state index contributed by atoms with van der Waals surface area (Å²) in [5.74, 6) is -0.556. The molecule has 1 aliphatic carbocycles. The van der Waals surface area contributed by atoms with Gasteiger partial charge in [0.2, 0.25) is 0 Å². The molecule has 21 heavy (non-hydrogen) atoms. The Labute approximate surface area is 122 Å². The van der Waals surface area contributed by atoms with E-state index in [9.17, 15) is 14.3 Å². The molecule has 0 radical (unpaired) electrons. The number of H-pyrrole nitrogens is 1. The Balaban J connectivity index is 1.82. The maximum Gasteiger partial charge on any atom is 0.268 e. The summed E-state index contributed by atoms with van der Waals surface area (Å²) in [6, 6.07) is 4.90. The van der Waals surface area contributed by atoms with Crippen molar-refractivity contribution in [2.45, 2.75) is 44.8 Å². The van der Waals surface area contributed by atoms with E-state index in [1.165, 1.54) is 6.07 Å². The van der Waals surface area contributed by atoms with Crippen molar-refractivity contribution < 1.29 is 14.3 Å². The van der Waals surface area contributed by atoms with E-state index in [-0.39, 0.29) is 23.9 Å². The maximum absolute atomic E-state index is 13.8. The Morgan fingerprint density at radius 2 is 2.05 bits per heavy atom. The Bertz CT molecular complexity index is 672. The number of aromatic amines is 1. The second kappa shape index (κ2) is 5.48. The van der Waals surface area contributed by atoms with E-state index < -0.39 is 0 Å². The Morgan fingerprint density at radius 1 is 1.33 bits per heavy atom. The number of para-hydroxylation sites is 1. The number of hydrogen-bond acceptors (Lipinski definition) is 2. The monoisotopic (exact) mass is 290 g/mol. The average Bonchev–Trinajstić information content (AvgIpc) is 2.81. The van der Waals surface area contributed by atoms with Crippen LogP contribution >= 0.6 is 0 Å². The van der Waals surface area contributed by atoms with Gasteiger partial charge >= 0.3 is 0 Å². The number of aliphatic hydroxyl groups excluding tert-OH is 1. The molecule has 4 nitrogen and oxygen atoms in total. The zero-order chi connectivity index (χ0) is 15.0. The van der Waals surface area contributed by atoms with Crippen molar-refractivity contribution in [3.8, 4) is 0 Å². The van der Waals surface area contributed by atoms with E-state index in [1.54, 1.807) is 12.1 Å². The molecule has 5 heteroatoms. The second-order valence-electron chi connectivity index (χ2n) is 5.77. The number of hydrogen-bond donors (Lipinski definition) is 3. The number of halogens is 1. The van der Waals surface area contributed by atoms with E-state index in [4.69, 9.17) is 0 Å². The molecule has 2 aromatic rings. The number of aryl methyl sites for hydroxylation is 1. The van der Waals surface area contributed by atoms with Crippen LogP contribution in [0.25, 0.3) is 10.9 Å². The van der Waals surface area contributed by atoms with Gasteiger partial charge in [-0.2, -0.15) is 0 Å². The largest absolute Gasteiger partial charge is 0.393 e. The number of fused-ring (bicyclic) bond motifs is 1. The molecule has 1 aliphatic rings. The van der Waals surface area contributed by atoms with Crippen molar-refractivity contribution in [1.29, 1.82) is 0 Å². The third kappa shape index (κ3) is 2.65. The van der Waals surface area contributed by atoms with Gasteiger partial charge in [-0.25, -0.2) is 4.39 Å². The van der Waals surface area contributed by atoms with Gasteiger partial charge in [-0.1, -0.05) is 12.1 Å². The first kappa shape index (κ1) is 14.1. The maximum atomic E-state index is 13.8. The van der Waals surface area contributed by atoms with Gasteiger partial charge in [-0.15, -0.1) is 0 Å². The van der Waals surface area contributed by atoms with Crippen LogP contribution in [0.15, 0.2) is 18.2 Å². The van der Waals surface area contributed by atoms with Crippen LogP contribution in [0.5, 0.6) is 0 Å². The number of carbonyl (C=O) groups excluding carboxylic acids is 1. The number of aromatic nitrogens is 1. The van der Waals surface area contributed by atoms with Crippen molar-refractivity contribution in [3.63, 3.8) is 0 Å². The normalized spacial score (nSPS) is 22.4. The minimum absolute atomic E-state index is 0.0801. The molecule has 1 amide bonds. The van der Waals surface area contributed by atoms with Crippen molar-refractivity contribution in [2.75, 3.05) is 0 Å². The number of amides is 1. The number of rotatable bonds is 2. The quantitative estimate of drug-likeness (QED) is 0.796. The molecular weight excluding hydrogens is 271 g/mol. The van der Waals surface area contributed by atoms with Crippen LogP contribution in [0, 0.1) is 12.7 Å². The van der Waals surface area contributed by atoms with E-state index in [0.717, 1.165) is 23.8 Å². The van der Waals surface area contributed by atoms with Gasteiger partial charge in [0.05, 0.1) is 11.6 Å². The van der Waals surface area contributed by atoms with Crippen molar-refractivity contribution in [1.82, 2.24) is 10.3 Å². The van der Waals surface area contributed by atoms with Crippen LogP contribution in [0.1, 0.15) is 41.7 Å². The summed E-state index contributed by atoms with van der Waals surface area (Å²) in [5.41, 5.74) is 1.55. The van der Waals surface area contributed by atoms with E-state index in [2.05, 4.69) is 10.3 Å². The summed E-state index contributed by atoms with van der Waals surface area (Å²) in [6.45, 7) is 1.82. The number of benzene rings is 1. The van der Waals surface area contributed by atoms with Gasteiger partial charge in [0.25, 0.3) is 5.91 Å². The van der Waals surface area contributed by atoms with Gasteiger partial charge in [0.1, 0.15) is 11.5 Å². The van der Waals surface area contributed by atoms with Crippen LogP contribution in [0.2, 0.25) is 0 Å². The van der Waals surface area contributed by atoms with Crippen LogP contribution in [0.4, 0.5) is 4.39 Å². The molecule has 0 bridgehead atoms. The molecule has 112 valence electrons. The van der Waals surface area contributed by atoms with E-state index in [0.29, 0.717) is 24.1 Å². The highest BCUT2D eigenvalue weighted by molar-refractivity contribution is 6.01. The SMILES string of the molecule is Cc1c(C(=O)NC2CCC(O)CC2)[nH]c2c(F)cccc12. The fourth-order valence-corrected chi connectivity index (χ4v) is 3.02. The predicted octanol–water partition coefficient (Wildman–Crippen LogP) is 2.65. The minimum Gasteiger partial charge on any atom is -0.393 e. The first-order valence-corrected chi connectivity index (χ1v) is 7.32. The summed E-state index contributed by atoms with van der Waals surface area (Å²) < 4.78 is 13.8. The lowest BCUT2D eigenvalue weighted by Crippen LogP contribution is -2.38. The first-order valence-electron chi connectivity index (χ1n) is 7.32. The molecule has 0 spiro atoms. The van der Waals surface area contributed by atoms with Crippen LogP contribution in [-0.2, 0) is 0 Å². The molecule has 1 aromatic heterocycles. The summed E-state index contributed by atoms with van der Waals surface area (Å²) in [5, 5.41) is 13.2. The van der Waals surface area contributed by atoms with Gasteiger partial charge < -0.3 is 15.4 Å². The van der Waals surface area contributed by atoms with Crippen LogP contribution in [0.3, 0.4) is 0 Å². The zero-order valence-corrected chi connectivity index (χ0v) is 11.9. The lowest BCUT2D eigenvalue weighted by atomic mass is 9.93. The second-order valence-corrected chi connectivity index (χ2v) is 5.77. The smallest absolute Gasteiger partial charge is 0.268 e. The molecule has 1 saturated carbocycles. The lowest BCUT2D eigenvalue weighted by Gasteiger charge is -2.26.